The van der Waals surface area contributed by atoms with Crippen LogP contribution in [0.5, 0.6) is 0 Å². The van der Waals surface area contributed by atoms with E-state index in [9.17, 15) is 13.2 Å². The summed E-state index contributed by atoms with van der Waals surface area (Å²) >= 11 is 0. The van der Waals surface area contributed by atoms with Crippen LogP contribution in [0.3, 0.4) is 0 Å². The first-order chi connectivity index (χ1) is 12.7. The van der Waals surface area contributed by atoms with Crippen molar-refractivity contribution in [3.63, 3.8) is 0 Å². The molecule has 0 radical (unpaired) electrons. The molecule has 0 aromatic heterocycles. The Morgan fingerprint density at radius 2 is 1.67 bits per heavy atom. The molecular weight excluding hydrogens is 358 g/mol. The van der Waals surface area contributed by atoms with Gasteiger partial charge in [-0.3, -0.25) is 4.79 Å². The van der Waals surface area contributed by atoms with Crippen molar-refractivity contribution >= 4 is 15.7 Å². The zero-order valence-electron chi connectivity index (χ0n) is 16.2. The van der Waals surface area contributed by atoms with E-state index in [1.165, 1.54) is 5.56 Å². The normalized spacial score (nSPS) is 19.0. The van der Waals surface area contributed by atoms with Gasteiger partial charge in [0, 0.05) is 18.2 Å². The zero-order valence-corrected chi connectivity index (χ0v) is 17.0. The van der Waals surface area contributed by atoms with Gasteiger partial charge in [-0.05, 0) is 35.1 Å². The van der Waals surface area contributed by atoms with Crippen molar-refractivity contribution in [3.8, 4) is 0 Å². The smallest absolute Gasteiger partial charge is 0.254 e. The summed E-state index contributed by atoms with van der Waals surface area (Å²) in [4.78, 5) is 14.8. The third-order valence-corrected chi connectivity index (χ3v) is 6.85. The Balaban J connectivity index is 1.87. The molecule has 0 saturated carbocycles. The van der Waals surface area contributed by atoms with Gasteiger partial charge in [-0.25, -0.2) is 8.42 Å². The number of carbonyl (C=O) groups excluding carboxylic acids is 1. The lowest BCUT2D eigenvalue weighted by Gasteiger charge is -2.29. The standard InChI is InChI=1S/C22H27NO3S/c1-22(2,3)19-11-9-17(10-12-19)15-23(20-13-14-27(25,26)16-20)21(24)18-7-5-4-6-8-18/h4-12,20H,13-16H2,1-3H3. The molecule has 2 aromatic carbocycles. The summed E-state index contributed by atoms with van der Waals surface area (Å²) in [5, 5.41) is 0. The molecule has 1 unspecified atom stereocenters. The lowest BCUT2D eigenvalue weighted by molar-refractivity contribution is 0.0681. The highest BCUT2D eigenvalue weighted by atomic mass is 32.2. The first-order valence-corrected chi connectivity index (χ1v) is 11.1. The highest BCUT2D eigenvalue weighted by molar-refractivity contribution is 7.91. The highest BCUT2D eigenvalue weighted by Crippen LogP contribution is 2.25. The number of rotatable bonds is 4. The van der Waals surface area contributed by atoms with Gasteiger partial charge in [-0.2, -0.15) is 0 Å². The molecule has 1 fully saturated rings. The molecule has 1 aliphatic rings. The van der Waals surface area contributed by atoms with E-state index in [2.05, 4.69) is 32.9 Å². The Morgan fingerprint density at radius 3 is 2.19 bits per heavy atom. The third kappa shape index (κ3) is 4.78. The van der Waals surface area contributed by atoms with Crippen LogP contribution in [-0.2, 0) is 21.8 Å². The number of hydrogen-bond acceptors (Lipinski definition) is 3. The summed E-state index contributed by atoms with van der Waals surface area (Å²) in [5.41, 5.74) is 2.90. The molecule has 4 nitrogen and oxygen atoms in total. The van der Waals surface area contributed by atoms with Crippen molar-refractivity contribution < 1.29 is 13.2 Å². The van der Waals surface area contributed by atoms with E-state index in [4.69, 9.17) is 0 Å². The Kier molecular flexibility index (Phi) is 5.43. The zero-order chi connectivity index (χ0) is 19.7. The fraction of sp³-hybridized carbons (Fsp3) is 0.409. The summed E-state index contributed by atoms with van der Waals surface area (Å²) in [5.74, 6) is 0.0859. The predicted molar refractivity (Wildman–Crippen MR) is 109 cm³/mol. The molecule has 5 heteroatoms. The van der Waals surface area contributed by atoms with Crippen LogP contribution in [0.1, 0.15) is 48.7 Å². The summed E-state index contributed by atoms with van der Waals surface area (Å²) in [6, 6.07) is 17.1. The fourth-order valence-electron chi connectivity index (χ4n) is 3.44. The number of carbonyl (C=O) groups is 1. The second-order valence-electron chi connectivity index (χ2n) is 8.30. The first-order valence-electron chi connectivity index (χ1n) is 9.31. The number of sulfone groups is 1. The molecule has 1 atom stereocenters. The molecule has 0 bridgehead atoms. The van der Waals surface area contributed by atoms with E-state index in [0.29, 0.717) is 18.5 Å². The van der Waals surface area contributed by atoms with E-state index >= 15 is 0 Å². The Bertz CT molecular complexity index is 897. The van der Waals surface area contributed by atoms with Crippen LogP contribution in [0.4, 0.5) is 0 Å². The summed E-state index contributed by atoms with van der Waals surface area (Å²) in [6.07, 6.45) is 0.501. The van der Waals surface area contributed by atoms with Gasteiger partial charge in [-0.1, -0.05) is 63.2 Å². The average Bonchev–Trinajstić information content (AvgIpc) is 2.99. The van der Waals surface area contributed by atoms with Crippen LogP contribution in [0, 0.1) is 0 Å². The highest BCUT2D eigenvalue weighted by Gasteiger charge is 2.35. The number of amides is 1. The van der Waals surface area contributed by atoms with Gasteiger partial charge in [-0.15, -0.1) is 0 Å². The lowest BCUT2D eigenvalue weighted by atomic mass is 9.86. The lowest BCUT2D eigenvalue weighted by Crippen LogP contribution is -2.40. The van der Waals surface area contributed by atoms with E-state index < -0.39 is 9.84 Å². The quantitative estimate of drug-likeness (QED) is 0.804. The number of hydrogen-bond donors (Lipinski definition) is 0. The molecular formula is C22H27NO3S. The van der Waals surface area contributed by atoms with Gasteiger partial charge >= 0.3 is 0 Å². The van der Waals surface area contributed by atoms with Gasteiger partial charge in [0.05, 0.1) is 11.5 Å². The fourth-order valence-corrected chi connectivity index (χ4v) is 5.17. The van der Waals surface area contributed by atoms with E-state index in [1.54, 1.807) is 17.0 Å². The number of nitrogens with zero attached hydrogens (tertiary/aromatic N) is 1. The molecule has 3 rings (SSSR count). The van der Waals surface area contributed by atoms with Crippen molar-refractivity contribution in [2.45, 2.75) is 45.2 Å². The molecule has 27 heavy (non-hydrogen) atoms. The van der Waals surface area contributed by atoms with Crippen molar-refractivity contribution in [2.75, 3.05) is 11.5 Å². The van der Waals surface area contributed by atoms with Gasteiger partial charge in [0.25, 0.3) is 5.91 Å². The molecule has 1 saturated heterocycles. The largest absolute Gasteiger partial charge is 0.330 e. The molecule has 144 valence electrons. The minimum atomic E-state index is -3.07. The van der Waals surface area contributed by atoms with Gasteiger partial charge in [0.15, 0.2) is 9.84 Å². The summed E-state index contributed by atoms with van der Waals surface area (Å²) in [6.45, 7) is 6.90. The monoisotopic (exact) mass is 385 g/mol. The van der Waals surface area contributed by atoms with Crippen LogP contribution in [-0.4, -0.2) is 36.8 Å². The molecule has 1 aliphatic heterocycles. The number of benzene rings is 2. The van der Waals surface area contributed by atoms with Crippen LogP contribution in [0.2, 0.25) is 0 Å². The average molecular weight is 386 g/mol. The molecule has 0 N–H and O–H groups in total. The molecule has 0 aliphatic carbocycles. The Morgan fingerprint density at radius 1 is 1.04 bits per heavy atom. The van der Waals surface area contributed by atoms with Crippen molar-refractivity contribution in [2.24, 2.45) is 0 Å². The van der Waals surface area contributed by atoms with Crippen molar-refractivity contribution in [1.29, 1.82) is 0 Å². The molecule has 0 spiro atoms. The van der Waals surface area contributed by atoms with Crippen molar-refractivity contribution in [3.05, 3.63) is 71.3 Å². The maximum Gasteiger partial charge on any atom is 0.254 e. The molecule has 1 heterocycles. The van der Waals surface area contributed by atoms with E-state index in [1.807, 2.05) is 30.3 Å². The summed E-state index contributed by atoms with van der Waals surface area (Å²) in [7, 11) is -3.07. The second-order valence-corrected chi connectivity index (χ2v) is 10.5. The van der Waals surface area contributed by atoms with E-state index in [0.717, 1.165) is 5.56 Å². The SMILES string of the molecule is CC(C)(C)c1ccc(CN(C(=O)c2ccccc2)C2CCS(=O)(=O)C2)cc1. The van der Waals surface area contributed by atoms with Crippen LogP contribution in [0.25, 0.3) is 0 Å². The minimum Gasteiger partial charge on any atom is -0.330 e. The molecule has 2 aromatic rings. The maximum atomic E-state index is 13.1. The third-order valence-electron chi connectivity index (χ3n) is 5.10. The van der Waals surface area contributed by atoms with Crippen molar-refractivity contribution in [1.82, 2.24) is 4.90 Å². The summed E-state index contributed by atoms with van der Waals surface area (Å²) < 4.78 is 23.9. The van der Waals surface area contributed by atoms with Gasteiger partial charge in [0.1, 0.15) is 0 Å². The second kappa shape index (κ2) is 7.47. The van der Waals surface area contributed by atoms with Crippen LogP contribution < -0.4 is 0 Å². The first kappa shape index (κ1) is 19.6. The van der Waals surface area contributed by atoms with Crippen LogP contribution in [0.15, 0.2) is 54.6 Å². The Labute approximate surface area is 162 Å². The van der Waals surface area contributed by atoms with E-state index in [-0.39, 0.29) is 28.9 Å². The molecule has 1 amide bonds. The van der Waals surface area contributed by atoms with Crippen LogP contribution >= 0.6 is 0 Å². The van der Waals surface area contributed by atoms with Gasteiger partial charge < -0.3 is 4.90 Å². The predicted octanol–water partition coefficient (Wildman–Crippen LogP) is 3.81. The minimum absolute atomic E-state index is 0.0473. The van der Waals surface area contributed by atoms with Gasteiger partial charge in [0.2, 0.25) is 0 Å². The Hall–Kier alpha value is -2.14. The topological polar surface area (TPSA) is 54.5 Å². The maximum absolute atomic E-state index is 13.1.